The zero-order valence-corrected chi connectivity index (χ0v) is 12.6. The number of benzene rings is 1. The first-order valence-corrected chi connectivity index (χ1v) is 7.37. The van der Waals surface area contributed by atoms with Crippen molar-refractivity contribution in [3.05, 3.63) is 57.0 Å². The van der Waals surface area contributed by atoms with Gasteiger partial charge in [-0.15, -0.1) is 11.3 Å². The van der Waals surface area contributed by atoms with Crippen LogP contribution in [0.5, 0.6) is 0 Å². The van der Waals surface area contributed by atoms with E-state index in [9.17, 15) is 4.39 Å². The first-order chi connectivity index (χ1) is 8.97. The molecule has 1 unspecified atom stereocenters. The molecule has 0 amide bonds. The van der Waals surface area contributed by atoms with Crippen LogP contribution in [0.1, 0.15) is 46.8 Å². The van der Waals surface area contributed by atoms with Crippen LogP contribution in [-0.2, 0) is 0 Å². The fourth-order valence-corrected chi connectivity index (χ4v) is 3.44. The van der Waals surface area contributed by atoms with Crippen molar-refractivity contribution in [3.8, 4) is 0 Å². The van der Waals surface area contributed by atoms with Gasteiger partial charge in [-0.05, 0) is 57.0 Å². The second-order valence-electron chi connectivity index (χ2n) is 5.03. The lowest BCUT2D eigenvalue weighted by molar-refractivity contribution is 0.491. The molecular formula is C16H20FNS. The molecule has 0 saturated carbocycles. The minimum absolute atomic E-state index is 0.130. The molecule has 0 aliphatic rings. The van der Waals surface area contributed by atoms with Gasteiger partial charge in [0.15, 0.2) is 0 Å². The highest BCUT2D eigenvalue weighted by Gasteiger charge is 2.14. The minimum Gasteiger partial charge on any atom is -0.304 e. The summed E-state index contributed by atoms with van der Waals surface area (Å²) < 4.78 is 13.2. The third-order valence-corrected chi connectivity index (χ3v) is 4.38. The highest BCUT2D eigenvalue weighted by Crippen LogP contribution is 2.28. The van der Waals surface area contributed by atoms with Gasteiger partial charge >= 0.3 is 0 Å². The molecule has 0 bridgehead atoms. The molecule has 3 heteroatoms. The van der Waals surface area contributed by atoms with Crippen molar-refractivity contribution in [3.63, 3.8) is 0 Å². The standard InChI is InChI=1S/C16H20FNS/c1-10-8-16(13(4)19-10)12(3)18-11(2)14-6-5-7-15(17)9-14/h5-9,11-12,18H,1-4H3/t11-,12?/m1/s1. The summed E-state index contributed by atoms with van der Waals surface area (Å²) in [6.07, 6.45) is 0. The van der Waals surface area contributed by atoms with E-state index in [1.165, 1.54) is 21.4 Å². The van der Waals surface area contributed by atoms with E-state index in [-0.39, 0.29) is 17.9 Å². The molecule has 2 atom stereocenters. The lowest BCUT2D eigenvalue weighted by Crippen LogP contribution is -2.22. The van der Waals surface area contributed by atoms with Gasteiger partial charge < -0.3 is 5.32 Å². The van der Waals surface area contributed by atoms with Crippen LogP contribution in [0.25, 0.3) is 0 Å². The van der Waals surface area contributed by atoms with E-state index in [2.05, 4.69) is 39.1 Å². The van der Waals surface area contributed by atoms with Crippen molar-refractivity contribution in [2.75, 3.05) is 0 Å². The van der Waals surface area contributed by atoms with Crippen LogP contribution >= 0.6 is 11.3 Å². The summed E-state index contributed by atoms with van der Waals surface area (Å²) in [6.45, 7) is 8.51. The van der Waals surface area contributed by atoms with Gasteiger partial charge in [0.05, 0.1) is 0 Å². The molecule has 102 valence electrons. The molecule has 0 saturated heterocycles. The molecule has 2 aromatic rings. The first-order valence-electron chi connectivity index (χ1n) is 6.56. The van der Waals surface area contributed by atoms with Crippen molar-refractivity contribution in [1.29, 1.82) is 0 Å². The van der Waals surface area contributed by atoms with Crippen LogP contribution in [0.2, 0.25) is 0 Å². The Morgan fingerprint density at radius 3 is 2.42 bits per heavy atom. The maximum atomic E-state index is 13.2. The SMILES string of the molecule is Cc1cc(C(C)N[C@H](C)c2cccc(F)c2)c(C)s1. The number of rotatable bonds is 4. The van der Waals surface area contributed by atoms with E-state index in [0.29, 0.717) is 0 Å². The fourth-order valence-electron chi connectivity index (χ4n) is 2.42. The number of hydrogen-bond donors (Lipinski definition) is 1. The summed E-state index contributed by atoms with van der Waals surface area (Å²) in [5.74, 6) is -0.179. The maximum absolute atomic E-state index is 13.2. The molecule has 1 aromatic heterocycles. The Hall–Kier alpha value is -1.19. The molecule has 0 fully saturated rings. The molecule has 19 heavy (non-hydrogen) atoms. The van der Waals surface area contributed by atoms with Gasteiger partial charge in [-0.3, -0.25) is 0 Å². The van der Waals surface area contributed by atoms with Crippen LogP contribution in [0.15, 0.2) is 30.3 Å². The Bertz CT molecular complexity index is 562. The average Bonchev–Trinajstić information content (AvgIpc) is 2.68. The second kappa shape index (κ2) is 5.85. The Labute approximate surface area is 118 Å². The smallest absolute Gasteiger partial charge is 0.123 e. The van der Waals surface area contributed by atoms with Gasteiger partial charge in [-0.2, -0.15) is 0 Å². The van der Waals surface area contributed by atoms with E-state index in [4.69, 9.17) is 0 Å². The zero-order chi connectivity index (χ0) is 14.0. The Morgan fingerprint density at radius 2 is 1.84 bits per heavy atom. The highest BCUT2D eigenvalue weighted by molar-refractivity contribution is 7.12. The van der Waals surface area contributed by atoms with E-state index in [1.54, 1.807) is 12.1 Å². The summed E-state index contributed by atoms with van der Waals surface area (Å²) in [5, 5.41) is 3.53. The molecule has 0 aliphatic heterocycles. The summed E-state index contributed by atoms with van der Waals surface area (Å²) in [6, 6.07) is 9.42. The maximum Gasteiger partial charge on any atom is 0.123 e. The fraction of sp³-hybridized carbons (Fsp3) is 0.375. The number of nitrogens with one attached hydrogen (secondary N) is 1. The van der Waals surface area contributed by atoms with Gasteiger partial charge in [0.25, 0.3) is 0 Å². The van der Waals surface area contributed by atoms with Gasteiger partial charge in [-0.25, -0.2) is 4.39 Å². The predicted molar refractivity (Wildman–Crippen MR) is 80.2 cm³/mol. The molecule has 0 spiro atoms. The Morgan fingerprint density at radius 1 is 1.11 bits per heavy atom. The van der Waals surface area contributed by atoms with Gasteiger partial charge in [-0.1, -0.05) is 12.1 Å². The molecule has 0 aliphatic carbocycles. The van der Waals surface area contributed by atoms with Crippen molar-refractivity contribution >= 4 is 11.3 Å². The highest BCUT2D eigenvalue weighted by atomic mass is 32.1. The Kier molecular flexibility index (Phi) is 4.38. The van der Waals surface area contributed by atoms with E-state index in [0.717, 1.165) is 5.56 Å². The minimum atomic E-state index is -0.179. The predicted octanol–water partition coefficient (Wildman–Crippen LogP) is 4.92. The zero-order valence-electron chi connectivity index (χ0n) is 11.8. The number of aryl methyl sites for hydroxylation is 2. The summed E-state index contributed by atoms with van der Waals surface area (Å²) in [4.78, 5) is 2.68. The van der Waals surface area contributed by atoms with Crippen molar-refractivity contribution in [1.82, 2.24) is 5.32 Å². The lowest BCUT2D eigenvalue weighted by Gasteiger charge is -2.20. The van der Waals surface area contributed by atoms with Gasteiger partial charge in [0.1, 0.15) is 5.82 Å². The van der Waals surface area contributed by atoms with Crippen LogP contribution in [0, 0.1) is 19.7 Å². The largest absolute Gasteiger partial charge is 0.304 e. The molecule has 1 heterocycles. The summed E-state index contributed by atoms with van der Waals surface area (Å²) >= 11 is 1.82. The second-order valence-corrected chi connectivity index (χ2v) is 6.49. The number of halogens is 1. The van der Waals surface area contributed by atoms with Crippen LogP contribution in [-0.4, -0.2) is 0 Å². The van der Waals surface area contributed by atoms with E-state index < -0.39 is 0 Å². The topological polar surface area (TPSA) is 12.0 Å². The van der Waals surface area contributed by atoms with Crippen molar-refractivity contribution in [2.45, 2.75) is 39.8 Å². The molecule has 0 radical (unpaired) electrons. The van der Waals surface area contributed by atoms with E-state index >= 15 is 0 Å². The third kappa shape index (κ3) is 3.43. The van der Waals surface area contributed by atoms with Crippen molar-refractivity contribution in [2.24, 2.45) is 0 Å². The number of thiophene rings is 1. The van der Waals surface area contributed by atoms with Gasteiger partial charge in [0.2, 0.25) is 0 Å². The van der Waals surface area contributed by atoms with Crippen LogP contribution in [0.3, 0.4) is 0 Å². The lowest BCUT2D eigenvalue weighted by atomic mass is 10.0. The normalized spacial score (nSPS) is 14.4. The molecule has 1 aromatic carbocycles. The van der Waals surface area contributed by atoms with Gasteiger partial charge in [0, 0.05) is 21.8 Å². The molecule has 1 N–H and O–H groups in total. The average molecular weight is 277 g/mol. The van der Waals surface area contributed by atoms with Crippen molar-refractivity contribution < 1.29 is 4.39 Å². The quantitative estimate of drug-likeness (QED) is 0.836. The number of hydrogen-bond acceptors (Lipinski definition) is 2. The van der Waals surface area contributed by atoms with Crippen LogP contribution < -0.4 is 5.32 Å². The Balaban J connectivity index is 2.10. The third-order valence-electron chi connectivity index (χ3n) is 3.39. The molecule has 2 rings (SSSR count). The summed E-state index contributed by atoms with van der Waals surface area (Å²) in [7, 11) is 0. The van der Waals surface area contributed by atoms with E-state index in [1.807, 2.05) is 17.4 Å². The summed E-state index contributed by atoms with van der Waals surface area (Å²) in [5.41, 5.74) is 2.32. The monoisotopic (exact) mass is 277 g/mol. The first kappa shape index (κ1) is 14.2. The molecular weight excluding hydrogens is 257 g/mol. The van der Waals surface area contributed by atoms with Crippen LogP contribution in [0.4, 0.5) is 4.39 Å². The molecule has 1 nitrogen and oxygen atoms in total.